The number of amides is 1. The van der Waals surface area contributed by atoms with Gasteiger partial charge in [-0.25, -0.2) is 4.79 Å². The molecule has 2 aliphatic carbocycles. The molecule has 0 unspecified atom stereocenters. The molecule has 0 radical (unpaired) electrons. The van der Waals surface area contributed by atoms with Gasteiger partial charge in [-0.3, -0.25) is 9.97 Å². The van der Waals surface area contributed by atoms with Crippen LogP contribution in [0.4, 0.5) is 4.79 Å². The molecule has 6 nitrogen and oxygen atoms in total. The van der Waals surface area contributed by atoms with Crippen molar-refractivity contribution in [3.05, 3.63) is 139 Å². The van der Waals surface area contributed by atoms with E-state index < -0.39 is 0 Å². The molecule has 4 heterocycles. The molecule has 266 valence electrons. The number of carbonyl (C=O) groups excluding carboxylic acids is 1. The Hall–Kier alpha value is -3.53. The summed E-state index contributed by atoms with van der Waals surface area (Å²) in [5.41, 5.74) is 14.0. The quantitative estimate of drug-likeness (QED) is 0.191. The fourth-order valence-electron chi connectivity index (χ4n) is 7.31. The van der Waals surface area contributed by atoms with Crippen LogP contribution in [-0.4, -0.2) is 65.7 Å². The largest absolute Gasteiger partial charge is 0.450 e. The van der Waals surface area contributed by atoms with Gasteiger partial charge in [0.15, 0.2) is 0 Å². The number of pyridine rings is 2. The van der Waals surface area contributed by atoms with Crippen molar-refractivity contribution < 1.29 is 9.53 Å². The summed E-state index contributed by atoms with van der Waals surface area (Å²) in [6.45, 7) is 5.72. The molecule has 2 aromatic heterocycles. The maximum atomic E-state index is 12.1. The molecule has 4 aliphatic rings. The number of hydrogen-bond donors (Lipinski definition) is 0. The zero-order valence-electron chi connectivity index (χ0n) is 29.1. The van der Waals surface area contributed by atoms with Crippen LogP contribution < -0.4 is 0 Å². The summed E-state index contributed by atoms with van der Waals surface area (Å²) in [6.07, 6.45) is 11.5. The molecule has 2 fully saturated rings. The number of piperidine rings is 2. The lowest BCUT2D eigenvalue weighted by Gasteiger charge is -2.29. The number of benzene rings is 2. The van der Waals surface area contributed by atoms with Gasteiger partial charge in [0, 0.05) is 79.9 Å². The van der Waals surface area contributed by atoms with E-state index in [2.05, 4.69) is 80.2 Å². The molecule has 2 aromatic carbocycles. The van der Waals surface area contributed by atoms with Crippen LogP contribution in [0, 0.1) is 0 Å². The van der Waals surface area contributed by atoms with E-state index in [1.54, 1.807) is 4.90 Å². The van der Waals surface area contributed by atoms with Crippen LogP contribution in [0.15, 0.2) is 84.2 Å². The van der Waals surface area contributed by atoms with Gasteiger partial charge in [-0.1, -0.05) is 90.5 Å². The van der Waals surface area contributed by atoms with E-state index in [-0.39, 0.29) is 6.09 Å². The third-order valence-corrected chi connectivity index (χ3v) is 11.7. The van der Waals surface area contributed by atoms with Gasteiger partial charge >= 0.3 is 6.09 Å². The highest BCUT2D eigenvalue weighted by atomic mass is 79.9. The van der Waals surface area contributed by atoms with Crippen molar-refractivity contribution in [1.29, 1.82) is 0 Å². The molecule has 4 aromatic rings. The predicted octanol–water partition coefficient (Wildman–Crippen LogP) is 11.5. The molecule has 8 rings (SSSR count). The van der Waals surface area contributed by atoms with E-state index >= 15 is 0 Å². The molecule has 52 heavy (non-hydrogen) atoms. The summed E-state index contributed by atoms with van der Waals surface area (Å²) >= 11 is 20.0. The highest BCUT2D eigenvalue weighted by Crippen LogP contribution is 2.44. The average Bonchev–Trinajstić information content (AvgIpc) is 3.35. The maximum absolute atomic E-state index is 12.1. The van der Waals surface area contributed by atoms with Crippen LogP contribution in [0.25, 0.3) is 32.3 Å². The van der Waals surface area contributed by atoms with Crippen LogP contribution in [0.5, 0.6) is 0 Å². The van der Waals surface area contributed by atoms with Gasteiger partial charge in [0.1, 0.15) is 0 Å². The second kappa shape index (κ2) is 16.2. The van der Waals surface area contributed by atoms with Crippen molar-refractivity contribution in [2.75, 3.05) is 39.8 Å². The monoisotopic (exact) mass is 858 g/mol. The van der Waals surface area contributed by atoms with Gasteiger partial charge < -0.3 is 14.5 Å². The Labute approximate surface area is 332 Å². The summed E-state index contributed by atoms with van der Waals surface area (Å²) in [5, 5.41) is 1.45. The molecule has 1 amide bonds. The standard InChI is InChI=1S/C22H20BrClN2O2.C20H18BrClN2/c1-2-28-22(27)26-10-7-14(8-11-26)20-17-6-5-16(24)13-18(17)19(23)12-15-4-3-9-25-21(15)20;1-24-9-6-13(7-10-24)19-16-5-4-15(22)12-17(16)18(21)11-14-3-2-8-23-20(14)19/h3-6,9,12-13H,2,7-8,10-11H2,1H3;2-5,8,11-12H,6-7,9-10H2,1H3. The Morgan fingerprint density at radius 1 is 0.712 bits per heavy atom. The predicted molar refractivity (Wildman–Crippen MR) is 222 cm³/mol. The molecular formula is C42H38Br2Cl2N4O2. The zero-order valence-corrected chi connectivity index (χ0v) is 33.7. The second-order valence-corrected chi connectivity index (χ2v) is 15.8. The summed E-state index contributed by atoms with van der Waals surface area (Å²) in [5.74, 6) is 0. The van der Waals surface area contributed by atoms with Crippen molar-refractivity contribution in [1.82, 2.24) is 19.8 Å². The number of fused-ring (bicyclic) bond motifs is 4. The number of hydrogen-bond acceptors (Lipinski definition) is 5. The number of ether oxygens (including phenoxy) is 1. The number of rotatable bonds is 1. The van der Waals surface area contributed by atoms with Gasteiger partial charge in [-0.2, -0.15) is 0 Å². The molecule has 0 atom stereocenters. The lowest BCUT2D eigenvalue weighted by molar-refractivity contribution is 0.104. The van der Waals surface area contributed by atoms with Crippen LogP contribution in [0.2, 0.25) is 10.0 Å². The normalized spacial score (nSPS) is 16.9. The Morgan fingerprint density at radius 2 is 1.17 bits per heavy atom. The highest BCUT2D eigenvalue weighted by molar-refractivity contribution is 9.15. The van der Waals surface area contributed by atoms with E-state index in [0.717, 1.165) is 97.5 Å². The smallest absolute Gasteiger partial charge is 0.409 e. The van der Waals surface area contributed by atoms with Crippen molar-refractivity contribution in [2.24, 2.45) is 0 Å². The molecule has 2 aliphatic heterocycles. The molecular weight excluding hydrogens is 823 g/mol. The van der Waals surface area contributed by atoms with E-state index in [0.29, 0.717) is 24.7 Å². The first kappa shape index (κ1) is 36.8. The fraction of sp³-hybridized carbons (Fsp3) is 0.262. The molecule has 0 saturated carbocycles. The molecule has 2 saturated heterocycles. The first-order chi connectivity index (χ1) is 25.2. The number of halogens is 4. The summed E-state index contributed by atoms with van der Waals surface area (Å²) in [7, 11) is 2.19. The third-order valence-electron chi connectivity index (χ3n) is 9.92. The van der Waals surface area contributed by atoms with Crippen LogP contribution in [0.3, 0.4) is 0 Å². The van der Waals surface area contributed by atoms with Crippen molar-refractivity contribution in [3.63, 3.8) is 0 Å². The Balaban J connectivity index is 0.000000164. The maximum Gasteiger partial charge on any atom is 0.409 e. The third kappa shape index (κ3) is 7.73. The zero-order chi connectivity index (χ0) is 36.4. The Kier molecular flexibility index (Phi) is 11.5. The number of nitrogens with zero attached hydrogens (tertiary/aromatic N) is 4. The lowest BCUT2D eigenvalue weighted by atomic mass is 9.88. The van der Waals surface area contributed by atoms with Crippen molar-refractivity contribution >= 4 is 93.4 Å². The summed E-state index contributed by atoms with van der Waals surface area (Å²) < 4.78 is 7.19. The number of carbonyl (C=O) groups is 1. The minimum Gasteiger partial charge on any atom is -0.450 e. The average molecular weight is 862 g/mol. The van der Waals surface area contributed by atoms with Gasteiger partial charge in [0.2, 0.25) is 0 Å². The van der Waals surface area contributed by atoms with Crippen LogP contribution >= 0.6 is 55.1 Å². The highest BCUT2D eigenvalue weighted by Gasteiger charge is 2.28. The van der Waals surface area contributed by atoms with E-state index in [9.17, 15) is 4.79 Å². The van der Waals surface area contributed by atoms with Crippen molar-refractivity contribution in [3.8, 4) is 0 Å². The Bertz CT molecular complexity index is 2160. The minimum absolute atomic E-state index is 0.234. The minimum atomic E-state index is -0.234. The fourth-order valence-corrected chi connectivity index (χ4v) is 8.81. The van der Waals surface area contributed by atoms with E-state index in [1.165, 1.54) is 22.3 Å². The van der Waals surface area contributed by atoms with E-state index in [4.69, 9.17) is 37.9 Å². The van der Waals surface area contributed by atoms with Gasteiger partial charge in [-0.05, 0) is 110 Å². The lowest BCUT2D eigenvalue weighted by Crippen LogP contribution is -2.37. The molecule has 10 heteroatoms. The van der Waals surface area contributed by atoms with Gasteiger partial charge in [-0.15, -0.1) is 0 Å². The van der Waals surface area contributed by atoms with Gasteiger partial charge in [0.05, 0.1) is 18.0 Å². The van der Waals surface area contributed by atoms with Crippen LogP contribution in [0.1, 0.15) is 77.4 Å². The van der Waals surface area contributed by atoms with Crippen LogP contribution in [-0.2, 0) is 4.74 Å². The first-order valence-electron chi connectivity index (χ1n) is 17.5. The second-order valence-electron chi connectivity index (χ2n) is 13.2. The Morgan fingerprint density at radius 3 is 1.63 bits per heavy atom. The topological polar surface area (TPSA) is 58.6 Å². The van der Waals surface area contributed by atoms with Gasteiger partial charge in [0.25, 0.3) is 0 Å². The number of likely N-dealkylation sites (tertiary alicyclic amines) is 2. The van der Waals surface area contributed by atoms with E-state index in [1.807, 2.05) is 55.7 Å². The number of aromatic nitrogens is 2. The summed E-state index contributed by atoms with van der Waals surface area (Å²) in [4.78, 5) is 25.7. The summed E-state index contributed by atoms with van der Waals surface area (Å²) in [6, 6.07) is 20.3. The van der Waals surface area contributed by atoms with Crippen molar-refractivity contribution in [2.45, 2.75) is 32.6 Å². The molecule has 0 N–H and O–H groups in total. The molecule has 0 bridgehead atoms. The first-order valence-corrected chi connectivity index (χ1v) is 19.9. The SMILES string of the molecule is CCOC(=O)N1CCC(=C2c3ccc(Cl)cc3C(Br)=Cc3cccnc32)CC1.CN1CCC(=C2c3ccc(Cl)cc3C(Br)=Cc3cccnc32)CC1. The molecule has 0 spiro atoms.